The van der Waals surface area contributed by atoms with E-state index in [1.807, 2.05) is 72.4 Å². The van der Waals surface area contributed by atoms with Crippen molar-refractivity contribution in [3.05, 3.63) is 96.5 Å². The van der Waals surface area contributed by atoms with Crippen molar-refractivity contribution in [3.63, 3.8) is 0 Å². The summed E-state index contributed by atoms with van der Waals surface area (Å²) in [6, 6.07) is 19.0. The molecule has 2 aromatic carbocycles. The zero-order chi connectivity index (χ0) is 26.7. The van der Waals surface area contributed by atoms with Crippen LogP contribution in [0.1, 0.15) is 36.1 Å². The summed E-state index contributed by atoms with van der Waals surface area (Å²) in [7, 11) is -0.150. The standard InChI is InChI=1S/C28H31N7O2S/c1-32-19-28(31-21-32)38(36,37)35(17-23-7-4-3-5-8-23)27-10-6-9-26(27)34(18-25-16-30-20-33(25)2)24-13-11-22(15-29)12-14-24/h3-5,7-8,11-14,16,19-21,26-27H,6,9-10,17-18H2,1-2H3/t26-,27+/m0/s1. The first kappa shape index (κ1) is 25.7. The van der Waals surface area contributed by atoms with Gasteiger partial charge in [-0.25, -0.2) is 18.4 Å². The monoisotopic (exact) mass is 529 g/mol. The lowest BCUT2D eigenvalue weighted by atomic mass is 10.1. The summed E-state index contributed by atoms with van der Waals surface area (Å²) >= 11 is 0. The van der Waals surface area contributed by atoms with E-state index in [-0.39, 0.29) is 23.7 Å². The molecule has 1 saturated carbocycles. The summed E-state index contributed by atoms with van der Waals surface area (Å²) in [6.07, 6.45) is 9.17. The largest absolute Gasteiger partial charge is 0.361 e. The highest BCUT2D eigenvalue weighted by Gasteiger charge is 2.42. The average Bonchev–Trinajstić information content (AvgIpc) is 3.68. The van der Waals surface area contributed by atoms with Crippen molar-refractivity contribution in [3.8, 4) is 6.07 Å². The number of anilines is 1. The van der Waals surface area contributed by atoms with Crippen molar-refractivity contribution in [2.45, 2.75) is 49.5 Å². The number of hydrogen-bond donors (Lipinski definition) is 0. The Morgan fingerprint density at radius 3 is 2.37 bits per heavy atom. The molecule has 1 fully saturated rings. The summed E-state index contributed by atoms with van der Waals surface area (Å²) in [6.45, 7) is 0.820. The van der Waals surface area contributed by atoms with Gasteiger partial charge < -0.3 is 14.0 Å². The van der Waals surface area contributed by atoms with E-state index in [0.717, 1.165) is 36.2 Å². The van der Waals surface area contributed by atoms with E-state index in [0.29, 0.717) is 12.1 Å². The maximum Gasteiger partial charge on any atom is 0.262 e. The number of aryl methyl sites for hydroxylation is 2. The van der Waals surface area contributed by atoms with Gasteiger partial charge in [-0.15, -0.1) is 0 Å². The van der Waals surface area contributed by atoms with Gasteiger partial charge in [-0.2, -0.15) is 9.57 Å². The normalized spacial score (nSPS) is 17.5. The van der Waals surface area contributed by atoms with E-state index >= 15 is 0 Å². The van der Waals surface area contributed by atoms with Crippen LogP contribution in [0.15, 0.2) is 84.7 Å². The van der Waals surface area contributed by atoms with Crippen LogP contribution in [0, 0.1) is 11.3 Å². The summed E-state index contributed by atoms with van der Waals surface area (Å²) < 4.78 is 33.4. The number of aromatic nitrogens is 4. The molecule has 0 amide bonds. The maximum atomic E-state index is 14.1. The Labute approximate surface area is 223 Å². The molecule has 196 valence electrons. The van der Waals surface area contributed by atoms with Crippen LogP contribution < -0.4 is 4.90 Å². The number of nitrogens with zero attached hydrogens (tertiary/aromatic N) is 7. The van der Waals surface area contributed by atoms with Gasteiger partial charge in [0, 0.05) is 50.8 Å². The molecule has 0 radical (unpaired) electrons. The number of sulfonamides is 1. The molecule has 0 saturated heterocycles. The Morgan fingerprint density at radius 2 is 1.74 bits per heavy atom. The van der Waals surface area contributed by atoms with Crippen molar-refractivity contribution in [1.29, 1.82) is 5.26 Å². The molecule has 0 unspecified atom stereocenters. The molecule has 2 heterocycles. The van der Waals surface area contributed by atoms with Gasteiger partial charge in [0.2, 0.25) is 0 Å². The molecular weight excluding hydrogens is 498 g/mol. The Kier molecular flexibility index (Phi) is 7.31. The molecule has 0 spiro atoms. The number of nitriles is 1. The molecule has 5 rings (SSSR count). The van der Waals surface area contributed by atoms with Crippen LogP contribution in [-0.4, -0.2) is 43.9 Å². The number of benzene rings is 2. The van der Waals surface area contributed by atoms with E-state index in [1.54, 1.807) is 28.4 Å². The summed E-state index contributed by atoms with van der Waals surface area (Å²) in [5.74, 6) is 0. The molecule has 1 aliphatic rings. The Hall–Kier alpha value is -3.94. The van der Waals surface area contributed by atoms with Crippen LogP contribution in [0.5, 0.6) is 0 Å². The topological polar surface area (TPSA) is 100 Å². The lowest BCUT2D eigenvalue weighted by Crippen LogP contribution is -2.51. The van der Waals surface area contributed by atoms with Crippen LogP contribution in [0.25, 0.3) is 0 Å². The smallest absolute Gasteiger partial charge is 0.262 e. The minimum atomic E-state index is -3.88. The highest BCUT2D eigenvalue weighted by molar-refractivity contribution is 7.89. The minimum Gasteiger partial charge on any atom is -0.361 e. The van der Waals surface area contributed by atoms with E-state index in [4.69, 9.17) is 0 Å². The van der Waals surface area contributed by atoms with Crippen LogP contribution in [0.2, 0.25) is 0 Å². The van der Waals surface area contributed by atoms with Gasteiger partial charge in [-0.05, 0) is 49.1 Å². The molecule has 1 aliphatic carbocycles. The Balaban J connectivity index is 1.57. The van der Waals surface area contributed by atoms with Crippen molar-refractivity contribution in [2.24, 2.45) is 14.1 Å². The van der Waals surface area contributed by atoms with Crippen molar-refractivity contribution in [1.82, 2.24) is 23.4 Å². The number of rotatable bonds is 9. The van der Waals surface area contributed by atoms with Gasteiger partial charge in [0.25, 0.3) is 10.0 Å². The quantitative estimate of drug-likeness (QED) is 0.327. The SMILES string of the molecule is Cn1cnc(S(=O)(=O)N(Cc2ccccc2)[C@@H]2CCC[C@@H]2N(Cc2cncn2C)c2ccc(C#N)cc2)c1. The first-order chi connectivity index (χ1) is 18.4. The predicted molar refractivity (Wildman–Crippen MR) is 144 cm³/mol. The van der Waals surface area contributed by atoms with Crippen LogP contribution >= 0.6 is 0 Å². The van der Waals surface area contributed by atoms with Crippen LogP contribution in [-0.2, 0) is 37.2 Å². The van der Waals surface area contributed by atoms with Gasteiger partial charge in [-0.1, -0.05) is 30.3 Å². The second-order valence-electron chi connectivity index (χ2n) is 9.76. The first-order valence-corrected chi connectivity index (χ1v) is 14.1. The third-order valence-electron chi connectivity index (χ3n) is 7.23. The summed E-state index contributed by atoms with van der Waals surface area (Å²) in [5.41, 5.74) is 3.47. The molecule has 2 atom stereocenters. The van der Waals surface area contributed by atoms with Crippen molar-refractivity contribution < 1.29 is 8.42 Å². The number of hydrogen-bond acceptors (Lipinski definition) is 6. The van der Waals surface area contributed by atoms with Crippen molar-refractivity contribution >= 4 is 15.7 Å². The van der Waals surface area contributed by atoms with E-state index < -0.39 is 10.0 Å². The molecule has 0 N–H and O–H groups in total. The van der Waals surface area contributed by atoms with Crippen molar-refractivity contribution in [2.75, 3.05) is 4.90 Å². The zero-order valence-electron chi connectivity index (χ0n) is 21.6. The van der Waals surface area contributed by atoms with Gasteiger partial charge >= 0.3 is 0 Å². The fourth-order valence-electron chi connectivity index (χ4n) is 5.25. The molecule has 4 aromatic rings. The van der Waals surface area contributed by atoms with Crippen LogP contribution in [0.3, 0.4) is 0 Å². The van der Waals surface area contributed by atoms with Gasteiger partial charge in [0.05, 0.1) is 36.5 Å². The highest BCUT2D eigenvalue weighted by Crippen LogP contribution is 2.36. The molecule has 10 heteroatoms. The van der Waals surface area contributed by atoms with Gasteiger partial charge in [0.1, 0.15) is 0 Å². The third-order valence-corrected chi connectivity index (χ3v) is 8.98. The molecule has 0 aliphatic heterocycles. The predicted octanol–water partition coefficient (Wildman–Crippen LogP) is 3.84. The summed E-state index contributed by atoms with van der Waals surface area (Å²) in [4.78, 5) is 10.8. The molecular formula is C28H31N7O2S. The second kappa shape index (κ2) is 10.8. The second-order valence-corrected chi connectivity index (χ2v) is 11.6. The lowest BCUT2D eigenvalue weighted by molar-refractivity contribution is 0.285. The average molecular weight is 530 g/mol. The third kappa shape index (κ3) is 5.21. The fraction of sp³-hybridized carbons (Fsp3) is 0.321. The molecule has 2 aromatic heterocycles. The highest BCUT2D eigenvalue weighted by atomic mass is 32.2. The van der Waals surface area contributed by atoms with Crippen LogP contribution in [0.4, 0.5) is 5.69 Å². The first-order valence-electron chi connectivity index (χ1n) is 12.6. The van der Waals surface area contributed by atoms with E-state index in [2.05, 4.69) is 20.9 Å². The fourth-order valence-corrected chi connectivity index (χ4v) is 6.89. The Bertz CT molecular complexity index is 1520. The zero-order valence-corrected chi connectivity index (χ0v) is 22.4. The molecule has 0 bridgehead atoms. The number of imidazole rings is 2. The van der Waals surface area contributed by atoms with Gasteiger partial charge in [0.15, 0.2) is 5.03 Å². The Morgan fingerprint density at radius 1 is 1.00 bits per heavy atom. The minimum absolute atomic E-state index is 0.0538. The molecule has 9 nitrogen and oxygen atoms in total. The van der Waals surface area contributed by atoms with E-state index in [9.17, 15) is 13.7 Å². The van der Waals surface area contributed by atoms with Gasteiger partial charge in [-0.3, -0.25) is 0 Å². The maximum absolute atomic E-state index is 14.1. The van der Waals surface area contributed by atoms with E-state index in [1.165, 1.54) is 6.33 Å². The summed E-state index contributed by atoms with van der Waals surface area (Å²) in [5, 5.41) is 9.37. The lowest BCUT2D eigenvalue weighted by Gasteiger charge is -2.39. The molecule has 38 heavy (non-hydrogen) atoms.